The summed E-state index contributed by atoms with van der Waals surface area (Å²) in [7, 11) is 0. The Labute approximate surface area is 90.9 Å². The van der Waals surface area contributed by atoms with Crippen molar-refractivity contribution < 1.29 is 24.9 Å². The summed E-state index contributed by atoms with van der Waals surface area (Å²) < 4.78 is 0. The van der Waals surface area contributed by atoms with Gasteiger partial charge in [0.25, 0.3) is 0 Å². The summed E-state index contributed by atoms with van der Waals surface area (Å²) in [5.41, 5.74) is 5.72. The highest BCUT2D eigenvalue weighted by molar-refractivity contribution is 5.77. The first-order valence-corrected chi connectivity index (χ1v) is 4.43. The average molecular weight is 225 g/mol. The number of carbonyl (C=O) groups is 2. The minimum absolute atomic E-state index is 0.00579. The third kappa shape index (κ3) is 2.71. The molecule has 0 saturated carbocycles. The summed E-state index contributed by atoms with van der Waals surface area (Å²) in [6.45, 7) is 0. The van der Waals surface area contributed by atoms with Crippen LogP contribution in [0.4, 0.5) is 0 Å². The van der Waals surface area contributed by atoms with Crippen molar-refractivity contribution in [3.63, 3.8) is 0 Å². The second-order valence-corrected chi connectivity index (χ2v) is 3.28. The molecule has 0 amide bonds. The molecule has 5 N–H and O–H groups in total. The lowest BCUT2D eigenvalue weighted by molar-refractivity contribution is -0.139. The van der Waals surface area contributed by atoms with Crippen molar-refractivity contribution in [3.8, 4) is 5.75 Å². The van der Waals surface area contributed by atoms with Gasteiger partial charge in [0.1, 0.15) is 11.8 Å². The number of rotatable bonds is 4. The van der Waals surface area contributed by atoms with Crippen molar-refractivity contribution in [1.82, 2.24) is 0 Å². The van der Waals surface area contributed by atoms with Crippen LogP contribution in [0.15, 0.2) is 18.2 Å². The maximum Gasteiger partial charge on any atom is 0.325 e. The van der Waals surface area contributed by atoms with Crippen LogP contribution in [0.25, 0.3) is 0 Å². The van der Waals surface area contributed by atoms with Gasteiger partial charge < -0.3 is 21.1 Å². The summed E-state index contributed by atoms with van der Waals surface area (Å²) in [6.07, 6.45) is -0.250. The normalized spacial score (nSPS) is 12.1. The van der Waals surface area contributed by atoms with Crippen molar-refractivity contribution in [2.24, 2.45) is 5.73 Å². The van der Waals surface area contributed by atoms with Gasteiger partial charge in [0.15, 0.2) is 0 Å². The van der Waals surface area contributed by atoms with Gasteiger partial charge in [0.05, 0.1) is 6.42 Å². The molecule has 0 spiro atoms. The summed E-state index contributed by atoms with van der Waals surface area (Å²) in [6, 6.07) is 2.55. The third-order valence-electron chi connectivity index (χ3n) is 2.05. The average Bonchev–Trinajstić information content (AvgIpc) is 2.19. The van der Waals surface area contributed by atoms with E-state index in [9.17, 15) is 14.7 Å². The van der Waals surface area contributed by atoms with Crippen LogP contribution in [0.2, 0.25) is 0 Å². The zero-order valence-corrected chi connectivity index (χ0v) is 8.25. The largest absolute Gasteiger partial charge is 0.508 e. The molecule has 0 bridgehead atoms. The molecule has 0 aliphatic heterocycles. The zero-order chi connectivity index (χ0) is 12.3. The predicted octanol–water partition coefficient (Wildman–Crippen LogP) is 0.104. The molecule has 1 atom stereocenters. The number of nitrogens with two attached hydrogens (primary N) is 1. The zero-order valence-electron chi connectivity index (χ0n) is 8.25. The standard InChI is InChI=1S/C10H11NO5/c11-9(10(15)16)6-3-5(4-8(13)14)1-2-7(6)12/h1-3,9,12H,4,11H2,(H,13,14)(H,15,16)/t9-/m0/s1. The monoisotopic (exact) mass is 225 g/mol. The van der Waals surface area contributed by atoms with E-state index in [0.717, 1.165) is 0 Å². The van der Waals surface area contributed by atoms with Crippen LogP contribution in [-0.4, -0.2) is 27.3 Å². The van der Waals surface area contributed by atoms with Crippen LogP contribution < -0.4 is 5.73 Å². The first-order chi connectivity index (χ1) is 7.41. The molecule has 1 aromatic carbocycles. The summed E-state index contributed by atoms with van der Waals surface area (Å²) in [4.78, 5) is 21.1. The fourth-order valence-electron chi connectivity index (χ4n) is 1.27. The van der Waals surface area contributed by atoms with E-state index in [1.165, 1.54) is 18.2 Å². The van der Waals surface area contributed by atoms with Crippen molar-refractivity contribution in [3.05, 3.63) is 29.3 Å². The first-order valence-electron chi connectivity index (χ1n) is 4.43. The highest BCUT2D eigenvalue weighted by Crippen LogP contribution is 2.24. The van der Waals surface area contributed by atoms with Crippen molar-refractivity contribution in [2.45, 2.75) is 12.5 Å². The van der Waals surface area contributed by atoms with E-state index in [2.05, 4.69) is 0 Å². The Bertz CT molecular complexity index is 429. The second kappa shape index (κ2) is 4.63. The molecule has 1 rings (SSSR count). The number of phenols is 1. The van der Waals surface area contributed by atoms with Crippen LogP contribution in [0.3, 0.4) is 0 Å². The maximum atomic E-state index is 10.6. The van der Waals surface area contributed by atoms with Gasteiger partial charge in [-0.15, -0.1) is 0 Å². The molecular formula is C10H11NO5. The number of aliphatic carboxylic acids is 2. The molecule has 16 heavy (non-hydrogen) atoms. The van der Waals surface area contributed by atoms with Crippen LogP contribution in [-0.2, 0) is 16.0 Å². The molecular weight excluding hydrogens is 214 g/mol. The Hall–Kier alpha value is -2.08. The summed E-state index contributed by atoms with van der Waals surface area (Å²) in [5, 5.41) is 26.6. The van der Waals surface area contributed by atoms with E-state index < -0.39 is 18.0 Å². The molecule has 0 heterocycles. The van der Waals surface area contributed by atoms with E-state index in [0.29, 0.717) is 5.56 Å². The quantitative estimate of drug-likeness (QED) is 0.576. The molecule has 6 nitrogen and oxygen atoms in total. The smallest absolute Gasteiger partial charge is 0.325 e. The molecule has 0 fully saturated rings. The highest BCUT2D eigenvalue weighted by Gasteiger charge is 2.18. The number of hydrogen-bond acceptors (Lipinski definition) is 4. The topological polar surface area (TPSA) is 121 Å². The lowest BCUT2D eigenvalue weighted by atomic mass is 10.0. The van der Waals surface area contributed by atoms with Crippen LogP contribution in [0.1, 0.15) is 17.2 Å². The summed E-state index contributed by atoms with van der Waals surface area (Å²) >= 11 is 0. The van der Waals surface area contributed by atoms with Crippen LogP contribution >= 0.6 is 0 Å². The predicted molar refractivity (Wildman–Crippen MR) is 54.0 cm³/mol. The van der Waals surface area contributed by atoms with Gasteiger partial charge in [-0.1, -0.05) is 6.07 Å². The fourth-order valence-corrected chi connectivity index (χ4v) is 1.27. The van der Waals surface area contributed by atoms with Crippen LogP contribution in [0, 0.1) is 0 Å². The van der Waals surface area contributed by atoms with Gasteiger partial charge >= 0.3 is 11.9 Å². The second-order valence-electron chi connectivity index (χ2n) is 3.28. The number of phenolic OH excluding ortho intramolecular Hbond substituents is 1. The first kappa shape index (κ1) is 12.0. The summed E-state index contributed by atoms with van der Waals surface area (Å²) in [5.74, 6) is -2.59. The number of aromatic hydroxyl groups is 1. The van der Waals surface area contributed by atoms with Gasteiger partial charge in [-0.25, -0.2) is 0 Å². The lowest BCUT2D eigenvalue weighted by Crippen LogP contribution is -2.21. The molecule has 0 radical (unpaired) electrons. The van der Waals surface area contributed by atoms with Gasteiger partial charge in [0, 0.05) is 5.56 Å². The molecule has 6 heteroatoms. The van der Waals surface area contributed by atoms with E-state index in [-0.39, 0.29) is 17.7 Å². The molecule has 1 aromatic rings. The Morgan fingerprint density at radius 3 is 2.44 bits per heavy atom. The Morgan fingerprint density at radius 2 is 1.94 bits per heavy atom. The molecule has 0 aliphatic carbocycles. The Balaban J connectivity index is 3.08. The number of hydrogen-bond donors (Lipinski definition) is 4. The minimum atomic E-state index is -1.37. The number of carboxylic acid groups (broad SMARTS) is 2. The number of benzene rings is 1. The van der Waals surface area contributed by atoms with Gasteiger partial charge in [-0.2, -0.15) is 0 Å². The van der Waals surface area contributed by atoms with Crippen molar-refractivity contribution in [2.75, 3.05) is 0 Å². The molecule has 0 aliphatic rings. The lowest BCUT2D eigenvalue weighted by Gasteiger charge is -2.10. The van der Waals surface area contributed by atoms with E-state index in [1.807, 2.05) is 0 Å². The minimum Gasteiger partial charge on any atom is -0.508 e. The van der Waals surface area contributed by atoms with Crippen LogP contribution in [0.5, 0.6) is 5.75 Å². The maximum absolute atomic E-state index is 10.6. The van der Waals surface area contributed by atoms with E-state index in [1.54, 1.807) is 0 Å². The third-order valence-corrected chi connectivity index (χ3v) is 2.05. The van der Waals surface area contributed by atoms with Gasteiger partial charge in [0.2, 0.25) is 0 Å². The molecule has 0 unspecified atom stereocenters. The van der Waals surface area contributed by atoms with E-state index in [4.69, 9.17) is 15.9 Å². The SMILES string of the molecule is N[C@H](C(=O)O)c1cc(CC(=O)O)ccc1O. The van der Waals surface area contributed by atoms with Crippen molar-refractivity contribution in [1.29, 1.82) is 0 Å². The molecule has 86 valence electrons. The van der Waals surface area contributed by atoms with E-state index >= 15 is 0 Å². The van der Waals surface area contributed by atoms with Gasteiger partial charge in [-0.3, -0.25) is 9.59 Å². The Morgan fingerprint density at radius 1 is 1.31 bits per heavy atom. The number of carboxylic acids is 2. The van der Waals surface area contributed by atoms with Crippen molar-refractivity contribution >= 4 is 11.9 Å². The Kier molecular flexibility index (Phi) is 3.47. The highest BCUT2D eigenvalue weighted by atomic mass is 16.4. The fraction of sp³-hybridized carbons (Fsp3) is 0.200. The molecule has 0 saturated heterocycles. The molecule has 0 aromatic heterocycles. The van der Waals surface area contributed by atoms with Gasteiger partial charge in [-0.05, 0) is 17.7 Å².